The van der Waals surface area contributed by atoms with Crippen LogP contribution in [0.2, 0.25) is 0 Å². The average molecular weight is 246 g/mol. The molecule has 2 rings (SSSR count). The number of rotatable bonds is 3. The molecule has 1 saturated carbocycles. The Bertz CT molecular complexity index is 368. The fraction of sp³-hybridized carbons (Fsp3) is 0.647. The normalized spacial score (nSPS) is 29.2. The zero-order valence-electron chi connectivity index (χ0n) is 11.9. The molecule has 0 spiro atoms. The van der Waals surface area contributed by atoms with Gasteiger partial charge in [0.2, 0.25) is 0 Å². The van der Waals surface area contributed by atoms with Crippen LogP contribution in [0.4, 0.5) is 0 Å². The Hall–Kier alpha value is -0.820. The molecule has 1 nitrogen and oxygen atoms in total. The van der Waals surface area contributed by atoms with Crippen LogP contribution in [0.15, 0.2) is 30.3 Å². The van der Waals surface area contributed by atoms with E-state index in [9.17, 15) is 5.11 Å². The smallest absolute Gasteiger partial charge is 0.0576 e. The molecule has 1 aromatic carbocycles. The van der Waals surface area contributed by atoms with Gasteiger partial charge >= 0.3 is 0 Å². The van der Waals surface area contributed by atoms with Gasteiger partial charge in [-0.25, -0.2) is 0 Å². The summed E-state index contributed by atoms with van der Waals surface area (Å²) >= 11 is 0. The molecule has 100 valence electrons. The quantitative estimate of drug-likeness (QED) is 0.853. The van der Waals surface area contributed by atoms with Gasteiger partial charge in [-0.15, -0.1) is 0 Å². The highest BCUT2D eigenvalue weighted by Gasteiger charge is 2.37. The predicted octanol–water partition coefficient (Wildman–Crippen LogP) is 4.05. The first-order valence-corrected chi connectivity index (χ1v) is 7.21. The van der Waals surface area contributed by atoms with E-state index in [0.717, 1.165) is 12.8 Å². The van der Waals surface area contributed by atoms with Gasteiger partial charge in [-0.3, -0.25) is 0 Å². The molecule has 1 aromatic rings. The Morgan fingerprint density at radius 3 is 2.44 bits per heavy atom. The Morgan fingerprint density at radius 1 is 1.17 bits per heavy atom. The molecular weight excluding hydrogens is 220 g/mol. The van der Waals surface area contributed by atoms with Gasteiger partial charge in [0.1, 0.15) is 0 Å². The Balaban J connectivity index is 2.06. The maximum absolute atomic E-state index is 10.4. The molecule has 0 radical (unpaired) electrons. The molecule has 1 heteroatoms. The van der Waals surface area contributed by atoms with E-state index < -0.39 is 0 Å². The molecular formula is C17H26O. The minimum Gasteiger partial charge on any atom is -0.393 e. The molecule has 3 atom stereocenters. The van der Waals surface area contributed by atoms with Crippen molar-refractivity contribution in [2.45, 2.75) is 52.6 Å². The van der Waals surface area contributed by atoms with E-state index in [2.05, 4.69) is 51.1 Å². The predicted molar refractivity (Wildman–Crippen MR) is 76.4 cm³/mol. The van der Waals surface area contributed by atoms with Crippen molar-refractivity contribution in [2.24, 2.45) is 17.3 Å². The number of hydrogen-bond donors (Lipinski definition) is 1. The monoisotopic (exact) mass is 246 g/mol. The number of aliphatic hydroxyl groups is 1. The molecule has 0 heterocycles. The molecule has 1 aliphatic rings. The summed E-state index contributed by atoms with van der Waals surface area (Å²) in [5.74, 6) is 1.12. The summed E-state index contributed by atoms with van der Waals surface area (Å²) in [5.41, 5.74) is 1.56. The van der Waals surface area contributed by atoms with E-state index in [-0.39, 0.29) is 11.5 Å². The van der Waals surface area contributed by atoms with Crippen molar-refractivity contribution in [2.75, 3.05) is 0 Å². The van der Waals surface area contributed by atoms with Crippen LogP contribution >= 0.6 is 0 Å². The second kappa shape index (κ2) is 5.44. The molecule has 1 N–H and O–H groups in total. The van der Waals surface area contributed by atoms with Gasteiger partial charge in [0.25, 0.3) is 0 Å². The second-order valence-corrected chi connectivity index (χ2v) is 6.74. The van der Waals surface area contributed by atoms with E-state index in [0.29, 0.717) is 11.8 Å². The first kappa shape index (κ1) is 13.6. The van der Waals surface area contributed by atoms with Gasteiger partial charge in [0.15, 0.2) is 0 Å². The third-order valence-electron chi connectivity index (χ3n) is 4.59. The van der Waals surface area contributed by atoms with Crippen LogP contribution in [0.1, 0.15) is 45.6 Å². The maximum Gasteiger partial charge on any atom is 0.0576 e. The maximum atomic E-state index is 10.4. The van der Waals surface area contributed by atoms with E-state index in [4.69, 9.17) is 0 Å². The SMILES string of the molecule is CC1CCC(C(C)(C)Cc2ccccc2)C(O)C1. The summed E-state index contributed by atoms with van der Waals surface area (Å²) in [6, 6.07) is 10.7. The van der Waals surface area contributed by atoms with Gasteiger partial charge in [0, 0.05) is 0 Å². The van der Waals surface area contributed by atoms with Crippen molar-refractivity contribution in [1.82, 2.24) is 0 Å². The minimum atomic E-state index is -0.118. The fourth-order valence-corrected chi connectivity index (χ4v) is 3.52. The summed E-state index contributed by atoms with van der Waals surface area (Å²) in [5, 5.41) is 10.4. The molecule has 0 amide bonds. The fourth-order valence-electron chi connectivity index (χ4n) is 3.52. The lowest BCUT2D eigenvalue weighted by Gasteiger charge is -2.42. The van der Waals surface area contributed by atoms with E-state index >= 15 is 0 Å². The van der Waals surface area contributed by atoms with E-state index in [1.54, 1.807) is 0 Å². The number of benzene rings is 1. The summed E-state index contributed by atoms with van der Waals surface area (Å²) in [4.78, 5) is 0. The lowest BCUT2D eigenvalue weighted by molar-refractivity contribution is -0.0125. The molecule has 1 fully saturated rings. The van der Waals surface area contributed by atoms with Crippen molar-refractivity contribution >= 4 is 0 Å². The first-order chi connectivity index (χ1) is 8.49. The van der Waals surface area contributed by atoms with Crippen LogP contribution in [0, 0.1) is 17.3 Å². The Labute approximate surface area is 111 Å². The Morgan fingerprint density at radius 2 is 1.83 bits per heavy atom. The number of hydrogen-bond acceptors (Lipinski definition) is 1. The molecule has 0 aliphatic heterocycles. The molecule has 0 saturated heterocycles. The molecule has 3 unspecified atom stereocenters. The largest absolute Gasteiger partial charge is 0.393 e. The topological polar surface area (TPSA) is 20.2 Å². The zero-order valence-corrected chi connectivity index (χ0v) is 11.9. The van der Waals surface area contributed by atoms with Crippen LogP contribution in [0.25, 0.3) is 0 Å². The van der Waals surface area contributed by atoms with E-state index in [1.165, 1.54) is 18.4 Å². The van der Waals surface area contributed by atoms with Crippen molar-refractivity contribution in [3.63, 3.8) is 0 Å². The van der Waals surface area contributed by atoms with Crippen molar-refractivity contribution in [1.29, 1.82) is 0 Å². The Kier molecular flexibility index (Phi) is 4.11. The van der Waals surface area contributed by atoms with Crippen LogP contribution in [0.3, 0.4) is 0 Å². The molecule has 0 bridgehead atoms. The molecule has 1 aliphatic carbocycles. The third kappa shape index (κ3) is 3.14. The molecule has 18 heavy (non-hydrogen) atoms. The van der Waals surface area contributed by atoms with Crippen LogP contribution in [-0.4, -0.2) is 11.2 Å². The van der Waals surface area contributed by atoms with Crippen molar-refractivity contribution in [3.05, 3.63) is 35.9 Å². The summed E-state index contributed by atoms with van der Waals surface area (Å²) < 4.78 is 0. The summed E-state index contributed by atoms with van der Waals surface area (Å²) in [6.45, 7) is 6.87. The lowest BCUT2D eigenvalue weighted by Crippen LogP contribution is -2.39. The van der Waals surface area contributed by atoms with Gasteiger partial charge in [0.05, 0.1) is 6.10 Å². The zero-order chi connectivity index (χ0) is 13.2. The average Bonchev–Trinajstić information content (AvgIpc) is 2.29. The van der Waals surface area contributed by atoms with Gasteiger partial charge in [-0.05, 0) is 42.1 Å². The summed E-state index contributed by atoms with van der Waals surface area (Å²) in [6.07, 6.45) is 4.35. The van der Waals surface area contributed by atoms with E-state index in [1.807, 2.05) is 0 Å². The number of aliphatic hydroxyl groups excluding tert-OH is 1. The van der Waals surface area contributed by atoms with Gasteiger partial charge in [-0.1, -0.05) is 57.5 Å². The van der Waals surface area contributed by atoms with Crippen molar-refractivity contribution in [3.8, 4) is 0 Å². The van der Waals surface area contributed by atoms with Crippen LogP contribution < -0.4 is 0 Å². The molecule has 0 aromatic heterocycles. The van der Waals surface area contributed by atoms with Crippen LogP contribution in [-0.2, 0) is 6.42 Å². The minimum absolute atomic E-state index is 0.118. The highest BCUT2D eigenvalue weighted by atomic mass is 16.3. The van der Waals surface area contributed by atoms with Crippen LogP contribution in [0.5, 0.6) is 0 Å². The highest BCUT2D eigenvalue weighted by molar-refractivity contribution is 5.16. The lowest BCUT2D eigenvalue weighted by atomic mass is 9.65. The second-order valence-electron chi connectivity index (χ2n) is 6.74. The highest BCUT2D eigenvalue weighted by Crippen LogP contribution is 2.42. The third-order valence-corrected chi connectivity index (χ3v) is 4.59. The van der Waals surface area contributed by atoms with Crippen molar-refractivity contribution < 1.29 is 5.11 Å². The van der Waals surface area contributed by atoms with Gasteiger partial charge in [-0.2, -0.15) is 0 Å². The summed E-state index contributed by atoms with van der Waals surface area (Å²) in [7, 11) is 0. The standard InChI is InChI=1S/C17H26O/c1-13-9-10-15(16(18)11-13)17(2,3)12-14-7-5-4-6-8-14/h4-8,13,15-16,18H,9-12H2,1-3H3. The van der Waals surface area contributed by atoms with Gasteiger partial charge < -0.3 is 5.11 Å². The first-order valence-electron chi connectivity index (χ1n) is 7.21.